The van der Waals surface area contributed by atoms with E-state index in [-0.39, 0.29) is 24.7 Å². The monoisotopic (exact) mass is 488 g/mol. The third-order valence-electron chi connectivity index (χ3n) is 4.51. The van der Waals surface area contributed by atoms with Gasteiger partial charge in [0.1, 0.15) is 18.1 Å². The Morgan fingerprint density at radius 3 is 2.61 bits per heavy atom. The number of fused-ring (bicyclic) bond motifs is 1. The number of ether oxygens (including phenoxy) is 2. The van der Waals surface area contributed by atoms with Gasteiger partial charge in [-0.25, -0.2) is 4.98 Å². The van der Waals surface area contributed by atoms with Gasteiger partial charge in [-0.05, 0) is 56.9 Å². The van der Waals surface area contributed by atoms with E-state index < -0.39 is 6.08 Å². The highest BCUT2D eigenvalue weighted by Gasteiger charge is 2.16. The van der Waals surface area contributed by atoms with Crippen LogP contribution in [0, 0.1) is 6.08 Å². The molecule has 9 nitrogen and oxygen atoms in total. The lowest BCUT2D eigenvalue weighted by Gasteiger charge is -2.11. The van der Waals surface area contributed by atoms with Gasteiger partial charge >= 0.3 is 6.08 Å². The number of rotatable bonds is 7. The Kier molecular flexibility index (Phi) is 5.96. The number of hydrogen-bond donors (Lipinski definition) is 2. The lowest BCUT2D eigenvalue weighted by molar-refractivity contribution is 0.279. The predicted octanol–water partition coefficient (Wildman–Crippen LogP) is 2.83. The van der Waals surface area contributed by atoms with E-state index in [0.29, 0.717) is 28.3 Å². The van der Waals surface area contributed by atoms with Crippen LogP contribution in [0.15, 0.2) is 41.4 Å². The van der Waals surface area contributed by atoms with Crippen molar-refractivity contribution in [2.24, 2.45) is 0 Å². The SMILES string of the molecule is COc1cc(CO)cc(COc2cncc(Cn3c(Br)nc4c(N)nc(F)nc43)c2)c1. The summed E-state index contributed by atoms with van der Waals surface area (Å²) in [5.41, 5.74) is 8.70. The fraction of sp³-hybridized carbons (Fsp3) is 0.200. The molecule has 0 aliphatic rings. The molecule has 0 spiro atoms. The Morgan fingerprint density at radius 2 is 1.84 bits per heavy atom. The Bertz CT molecular complexity index is 1230. The van der Waals surface area contributed by atoms with Crippen LogP contribution in [-0.2, 0) is 19.8 Å². The second-order valence-electron chi connectivity index (χ2n) is 6.68. The molecule has 4 aromatic rings. The molecule has 0 fully saturated rings. The fourth-order valence-electron chi connectivity index (χ4n) is 3.11. The first kappa shape index (κ1) is 20.9. The van der Waals surface area contributed by atoms with Crippen LogP contribution in [0.1, 0.15) is 16.7 Å². The molecule has 0 aliphatic heterocycles. The number of aliphatic hydroxyl groups is 1. The van der Waals surface area contributed by atoms with Gasteiger partial charge < -0.3 is 20.3 Å². The molecule has 0 radical (unpaired) electrons. The topological polar surface area (TPSA) is 121 Å². The molecule has 0 amide bonds. The van der Waals surface area contributed by atoms with Crippen LogP contribution >= 0.6 is 15.9 Å². The first-order valence-electron chi connectivity index (χ1n) is 9.16. The molecule has 11 heteroatoms. The number of nitrogen functional groups attached to an aromatic ring is 1. The summed E-state index contributed by atoms with van der Waals surface area (Å²) in [7, 11) is 1.57. The van der Waals surface area contributed by atoms with Crippen molar-refractivity contribution in [2.75, 3.05) is 12.8 Å². The molecule has 0 saturated heterocycles. The summed E-state index contributed by atoms with van der Waals surface area (Å²) < 4.78 is 26.9. The minimum atomic E-state index is -0.922. The van der Waals surface area contributed by atoms with E-state index in [2.05, 4.69) is 35.9 Å². The molecule has 3 N–H and O–H groups in total. The summed E-state index contributed by atoms with van der Waals surface area (Å²) in [6.45, 7) is 0.483. The van der Waals surface area contributed by atoms with Crippen LogP contribution in [0.4, 0.5) is 10.2 Å². The highest BCUT2D eigenvalue weighted by Crippen LogP contribution is 2.24. The highest BCUT2D eigenvalue weighted by atomic mass is 79.9. The zero-order valence-electron chi connectivity index (χ0n) is 16.4. The third-order valence-corrected chi connectivity index (χ3v) is 5.11. The van der Waals surface area contributed by atoms with Crippen LogP contribution in [0.5, 0.6) is 11.5 Å². The van der Waals surface area contributed by atoms with Gasteiger partial charge in [-0.3, -0.25) is 9.55 Å². The summed E-state index contributed by atoms with van der Waals surface area (Å²) in [6.07, 6.45) is 2.34. The van der Waals surface area contributed by atoms with Crippen molar-refractivity contribution in [1.82, 2.24) is 24.5 Å². The van der Waals surface area contributed by atoms with E-state index in [4.69, 9.17) is 15.2 Å². The average molecular weight is 489 g/mol. The maximum absolute atomic E-state index is 13.6. The van der Waals surface area contributed by atoms with E-state index >= 15 is 0 Å². The number of pyridine rings is 1. The van der Waals surface area contributed by atoms with E-state index in [9.17, 15) is 9.50 Å². The molecule has 0 atom stereocenters. The molecule has 3 aromatic heterocycles. The van der Waals surface area contributed by atoms with Gasteiger partial charge in [0.25, 0.3) is 0 Å². The first-order valence-corrected chi connectivity index (χ1v) is 9.95. The van der Waals surface area contributed by atoms with Crippen molar-refractivity contribution in [1.29, 1.82) is 0 Å². The third kappa shape index (κ3) is 4.57. The molecule has 4 rings (SSSR count). The van der Waals surface area contributed by atoms with Crippen molar-refractivity contribution in [3.8, 4) is 11.5 Å². The normalized spacial score (nSPS) is 11.1. The maximum Gasteiger partial charge on any atom is 0.312 e. The van der Waals surface area contributed by atoms with E-state index in [1.165, 1.54) is 0 Å². The number of aliphatic hydroxyl groups excluding tert-OH is 1. The number of aromatic nitrogens is 5. The highest BCUT2D eigenvalue weighted by molar-refractivity contribution is 9.10. The summed E-state index contributed by atoms with van der Waals surface area (Å²) >= 11 is 3.35. The second kappa shape index (κ2) is 8.82. The fourth-order valence-corrected chi connectivity index (χ4v) is 3.58. The summed E-state index contributed by atoms with van der Waals surface area (Å²) in [5.74, 6) is 1.16. The van der Waals surface area contributed by atoms with Crippen molar-refractivity contribution in [3.63, 3.8) is 0 Å². The Hall–Kier alpha value is -3.31. The quantitative estimate of drug-likeness (QED) is 0.300. The maximum atomic E-state index is 13.6. The number of anilines is 1. The Labute approximate surface area is 184 Å². The van der Waals surface area contributed by atoms with Crippen molar-refractivity contribution < 1.29 is 19.0 Å². The molecule has 0 saturated carbocycles. The summed E-state index contributed by atoms with van der Waals surface area (Å²) in [5, 5.41) is 9.40. The second-order valence-corrected chi connectivity index (χ2v) is 7.39. The molecule has 0 unspecified atom stereocenters. The Balaban J connectivity index is 1.55. The minimum Gasteiger partial charge on any atom is -0.497 e. The standard InChI is InChI=1S/C20H18BrFN6O3/c1-30-14-3-11(9-29)2-12(4-14)10-31-15-5-13(6-24-7-15)8-28-18-16(25-19(28)21)17(23)26-20(22)27-18/h2-7,29H,8-10H2,1H3,(H2,23,26,27). The van der Waals surface area contributed by atoms with Crippen LogP contribution in [0.2, 0.25) is 0 Å². The zero-order chi connectivity index (χ0) is 22.0. The zero-order valence-corrected chi connectivity index (χ0v) is 18.0. The van der Waals surface area contributed by atoms with E-state index in [1.807, 2.05) is 18.2 Å². The van der Waals surface area contributed by atoms with Gasteiger partial charge in [0.15, 0.2) is 21.7 Å². The average Bonchev–Trinajstić information content (AvgIpc) is 3.08. The van der Waals surface area contributed by atoms with Gasteiger partial charge in [-0.15, -0.1) is 0 Å². The van der Waals surface area contributed by atoms with Crippen molar-refractivity contribution >= 4 is 32.9 Å². The largest absolute Gasteiger partial charge is 0.497 e. The molecular weight excluding hydrogens is 471 g/mol. The van der Waals surface area contributed by atoms with Crippen LogP contribution in [0.25, 0.3) is 11.2 Å². The predicted molar refractivity (Wildman–Crippen MR) is 114 cm³/mol. The minimum absolute atomic E-state index is 0.0299. The van der Waals surface area contributed by atoms with Crippen LogP contribution in [0.3, 0.4) is 0 Å². The molecule has 160 valence electrons. The molecule has 3 heterocycles. The summed E-state index contributed by atoms with van der Waals surface area (Å²) in [4.78, 5) is 15.8. The summed E-state index contributed by atoms with van der Waals surface area (Å²) in [6, 6.07) is 7.26. The lowest BCUT2D eigenvalue weighted by Crippen LogP contribution is -2.05. The van der Waals surface area contributed by atoms with Gasteiger partial charge in [0.2, 0.25) is 0 Å². The van der Waals surface area contributed by atoms with Crippen LogP contribution in [-0.4, -0.2) is 36.7 Å². The van der Waals surface area contributed by atoms with Gasteiger partial charge in [0, 0.05) is 6.20 Å². The number of methoxy groups -OCH3 is 1. The molecule has 0 bridgehead atoms. The van der Waals surface area contributed by atoms with Gasteiger partial charge in [-0.2, -0.15) is 14.4 Å². The first-order chi connectivity index (χ1) is 15.0. The number of nitrogens with zero attached hydrogens (tertiary/aromatic N) is 5. The lowest BCUT2D eigenvalue weighted by atomic mass is 10.1. The van der Waals surface area contributed by atoms with Crippen LogP contribution < -0.4 is 15.2 Å². The van der Waals surface area contributed by atoms with E-state index in [1.54, 1.807) is 30.1 Å². The smallest absolute Gasteiger partial charge is 0.312 e. The number of benzene rings is 1. The Morgan fingerprint density at radius 1 is 1.06 bits per heavy atom. The molecule has 1 aromatic carbocycles. The molecule has 0 aliphatic carbocycles. The molecule has 31 heavy (non-hydrogen) atoms. The van der Waals surface area contributed by atoms with Crippen molar-refractivity contribution in [3.05, 3.63) is 64.2 Å². The van der Waals surface area contributed by atoms with Gasteiger partial charge in [0.05, 0.1) is 26.5 Å². The van der Waals surface area contributed by atoms with Crippen molar-refractivity contribution in [2.45, 2.75) is 19.8 Å². The molecular formula is C20H18BrFN6O3. The number of hydrogen-bond acceptors (Lipinski definition) is 8. The van der Waals surface area contributed by atoms with Gasteiger partial charge in [-0.1, -0.05) is 0 Å². The van der Waals surface area contributed by atoms with E-state index in [0.717, 1.165) is 16.7 Å². The number of nitrogens with two attached hydrogens (primary N) is 1. The number of halogens is 2. The number of imidazole rings is 1.